The molecule has 0 aliphatic rings. The van der Waals surface area contributed by atoms with Crippen molar-refractivity contribution in [3.05, 3.63) is 0 Å². The van der Waals surface area contributed by atoms with Crippen molar-refractivity contribution in [2.75, 3.05) is 0 Å². The van der Waals surface area contributed by atoms with Gasteiger partial charge in [-0.2, -0.15) is 0 Å². The second kappa shape index (κ2) is 11.1. The molecule has 0 unspecified atom stereocenters. The van der Waals surface area contributed by atoms with Crippen LogP contribution in [-0.2, 0) is 11.4 Å². The maximum Gasteiger partial charge on any atom is 1.00 e. The smallest absolute Gasteiger partial charge is 0.784 e. The molecule has 0 aromatic rings. The normalized spacial score (nSPS) is 5.83. The van der Waals surface area contributed by atoms with Crippen LogP contribution in [0, 0.1) is 99.7 Å². The summed E-state index contributed by atoms with van der Waals surface area (Å²) in [7, 11) is 0. The summed E-state index contributed by atoms with van der Waals surface area (Å²) in [6.07, 6.45) is 0. The first kappa shape index (κ1) is 16.1. The summed E-state index contributed by atoms with van der Waals surface area (Å²) in [5.41, 5.74) is 0. The number of rotatable bonds is 0. The molecule has 0 rings (SSSR count). The SMILES string of the molecule is O=S([O-])[O-].[Fr+].[Fr+]. The van der Waals surface area contributed by atoms with Gasteiger partial charge in [0.05, 0.1) is 0 Å². The van der Waals surface area contributed by atoms with Crippen LogP contribution < -0.4 is 0 Å². The van der Waals surface area contributed by atoms with E-state index < -0.39 is 11.4 Å². The molecule has 0 aromatic carbocycles. The van der Waals surface area contributed by atoms with Crippen LogP contribution in [0.25, 0.3) is 0 Å². The molecule has 0 spiro atoms. The third kappa shape index (κ3) is 26.8. The fourth-order valence-corrected chi connectivity index (χ4v) is 0. The van der Waals surface area contributed by atoms with Gasteiger partial charge < -0.3 is 9.11 Å². The van der Waals surface area contributed by atoms with Gasteiger partial charge in [-0.05, 0) is 0 Å². The molecule has 0 saturated carbocycles. The summed E-state index contributed by atoms with van der Waals surface area (Å²) in [4.78, 5) is 0. The quantitative estimate of drug-likeness (QED) is 0.381. The minimum Gasteiger partial charge on any atom is -0.784 e. The molecule has 0 aromatic heterocycles. The van der Waals surface area contributed by atoms with Crippen molar-refractivity contribution >= 4 is 11.4 Å². The van der Waals surface area contributed by atoms with Crippen molar-refractivity contribution in [2.24, 2.45) is 0 Å². The first-order valence-electron chi connectivity index (χ1n) is 0.500. The van der Waals surface area contributed by atoms with Gasteiger partial charge in [0.2, 0.25) is 0 Å². The van der Waals surface area contributed by atoms with Crippen LogP contribution in [-0.4, -0.2) is 13.3 Å². The molecule has 6 heteroatoms. The van der Waals surface area contributed by atoms with Gasteiger partial charge in [0.15, 0.2) is 0 Å². The van der Waals surface area contributed by atoms with E-state index in [1.165, 1.54) is 0 Å². The van der Waals surface area contributed by atoms with E-state index in [0.717, 1.165) is 0 Å². The monoisotopic (exact) mass is 526 g/mol. The zero-order valence-corrected chi connectivity index (χ0v) is 20.9. The molecule has 3 nitrogen and oxygen atoms in total. The molecule has 0 N–H and O–H groups in total. The Morgan fingerprint density at radius 2 is 1.17 bits per heavy atom. The third-order valence-corrected chi connectivity index (χ3v) is 0. The van der Waals surface area contributed by atoms with E-state index in [9.17, 15) is 0 Å². The molecular weight excluding hydrogens is 526 g/mol. The van der Waals surface area contributed by atoms with Crippen LogP contribution in [0.4, 0.5) is 0 Å². The van der Waals surface area contributed by atoms with Crippen molar-refractivity contribution < 1.29 is 113 Å². The fourth-order valence-electron chi connectivity index (χ4n) is 0. The molecule has 0 amide bonds. The molecule has 0 fully saturated rings. The molecule has 26 valence electrons. The topological polar surface area (TPSA) is 63.2 Å². The summed E-state index contributed by atoms with van der Waals surface area (Å²) in [5.74, 6) is 0. The average molecular weight is 526 g/mol. The molecule has 0 saturated heterocycles. The van der Waals surface area contributed by atoms with Crippen molar-refractivity contribution in [3.63, 3.8) is 0 Å². The zero-order valence-electron chi connectivity index (χ0n) is 3.63. The molecule has 6 heavy (non-hydrogen) atoms. The summed E-state index contributed by atoms with van der Waals surface area (Å²) >= 11 is -3.11. The summed E-state index contributed by atoms with van der Waals surface area (Å²) in [6, 6.07) is 0. The van der Waals surface area contributed by atoms with Crippen molar-refractivity contribution in [1.82, 2.24) is 0 Å². The van der Waals surface area contributed by atoms with E-state index in [1.807, 2.05) is 0 Å². The van der Waals surface area contributed by atoms with E-state index in [1.54, 1.807) is 0 Å². The van der Waals surface area contributed by atoms with E-state index in [2.05, 4.69) is 0 Å². The van der Waals surface area contributed by atoms with E-state index >= 15 is 0 Å². The Labute approximate surface area is 121 Å². The standard InChI is InChI=1S/2Fr.H2O3S/c;;1-4(2)3/h;;(H2,1,2,3)/q2*+1;/p-2. The second-order valence-electron chi connectivity index (χ2n) is 0.204. The Hall–Kier alpha value is 3.26. The van der Waals surface area contributed by atoms with Gasteiger partial charge in [0.25, 0.3) is 0 Å². The van der Waals surface area contributed by atoms with Gasteiger partial charge in [-0.1, -0.05) is 0 Å². The number of hydrogen-bond acceptors (Lipinski definition) is 3. The molecule has 0 radical (unpaired) electrons. The molecule has 0 atom stereocenters. The Balaban J connectivity index is -0.0000000450. The van der Waals surface area contributed by atoms with Gasteiger partial charge in [-0.3, -0.25) is 4.21 Å². The third-order valence-electron chi connectivity index (χ3n) is 0. The maximum absolute atomic E-state index is 8.44. The minimum absolute atomic E-state index is 0. The minimum atomic E-state index is -3.11. The summed E-state index contributed by atoms with van der Waals surface area (Å²) in [5, 5.41) is 0. The average Bonchev–Trinajstić information content (AvgIpc) is 0.811. The van der Waals surface area contributed by atoms with E-state index in [0.29, 0.717) is 0 Å². The Kier molecular flexibility index (Phi) is 29.9. The predicted molar refractivity (Wildman–Crippen MR) is 9.70 cm³/mol. The predicted octanol–water partition coefficient (Wildman–Crippen LogP) is -1.00. The van der Waals surface area contributed by atoms with Crippen LogP contribution in [0.3, 0.4) is 0 Å². The molecule has 0 aliphatic carbocycles. The van der Waals surface area contributed by atoms with Gasteiger partial charge in [-0.25, -0.2) is 0 Å². The van der Waals surface area contributed by atoms with Gasteiger partial charge in [-0.15, -0.1) is 11.4 Å². The second-order valence-corrected chi connectivity index (χ2v) is 0.612. The Morgan fingerprint density at radius 1 is 1.17 bits per heavy atom. The fraction of sp³-hybridized carbons (Fsp3) is 0. The van der Waals surface area contributed by atoms with Gasteiger partial charge in [0.1, 0.15) is 0 Å². The van der Waals surface area contributed by atoms with Crippen LogP contribution >= 0.6 is 0 Å². The molecule has 0 aliphatic heterocycles. The van der Waals surface area contributed by atoms with Crippen molar-refractivity contribution in [2.45, 2.75) is 0 Å². The van der Waals surface area contributed by atoms with Crippen LogP contribution in [0.15, 0.2) is 0 Å². The first-order chi connectivity index (χ1) is 1.73. The van der Waals surface area contributed by atoms with E-state index in [-0.39, 0.29) is 99.7 Å². The largest absolute Gasteiger partial charge is 1.00 e. The maximum atomic E-state index is 8.44. The van der Waals surface area contributed by atoms with Crippen LogP contribution in [0.1, 0.15) is 0 Å². The van der Waals surface area contributed by atoms with Gasteiger partial charge >= 0.3 is 99.7 Å². The van der Waals surface area contributed by atoms with Crippen molar-refractivity contribution in [3.8, 4) is 0 Å². The summed E-state index contributed by atoms with van der Waals surface area (Å²) < 4.78 is 25.3. The van der Waals surface area contributed by atoms with Crippen molar-refractivity contribution in [1.29, 1.82) is 0 Å². The Morgan fingerprint density at radius 3 is 1.17 bits per heavy atom. The molecular formula is Fr2O3S. The zero-order chi connectivity index (χ0) is 3.58. The van der Waals surface area contributed by atoms with Crippen LogP contribution in [0.5, 0.6) is 0 Å². The molecule has 0 heterocycles. The van der Waals surface area contributed by atoms with Crippen LogP contribution in [0.2, 0.25) is 0 Å². The number of hydrogen-bond donors (Lipinski definition) is 0. The first-order valence-corrected chi connectivity index (χ1v) is 1.50. The Bertz CT molecular complexity index is 31.8. The molecule has 0 bridgehead atoms. The van der Waals surface area contributed by atoms with Gasteiger partial charge in [0, 0.05) is 0 Å². The summed E-state index contributed by atoms with van der Waals surface area (Å²) in [6.45, 7) is 0. The van der Waals surface area contributed by atoms with E-state index in [4.69, 9.17) is 13.3 Å².